The van der Waals surface area contributed by atoms with E-state index >= 15 is 0 Å². The number of rotatable bonds is 3. The number of hydrogen-bond acceptors (Lipinski definition) is 2. The van der Waals surface area contributed by atoms with E-state index in [-0.39, 0.29) is 6.04 Å². The van der Waals surface area contributed by atoms with E-state index in [0.29, 0.717) is 0 Å². The fourth-order valence-electron chi connectivity index (χ4n) is 2.32. The number of thiophene rings is 1. The van der Waals surface area contributed by atoms with Gasteiger partial charge in [0.15, 0.2) is 0 Å². The van der Waals surface area contributed by atoms with E-state index in [1.807, 2.05) is 18.4 Å². The molecule has 1 aromatic heterocycles. The van der Waals surface area contributed by atoms with Crippen LogP contribution in [-0.2, 0) is 0 Å². The monoisotopic (exact) mass is 323 g/mol. The second-order valence-corrected chi connectivity index (χ2v) is 6.85. The molecular formula is C15H18BrNS. The highest BCUT2D eigenvalue weighted by Crippen LogP contribution is 2.35. The molecule has 0 spiro atoms. The van der Waals surface area contributed by atoms with Crippen molar-refractivity contribution in [3.63, 3.8) is 0 Å². The molecule has 1 nitrogen and oxygen atoms in total. The third-order valence-corrected chi connectivity index (χ3v) is 5.00. The van der Waals surface area contributed by atoms with Gasteiger partial charge in [0.05, 0.1) is 6.04 Å². The van der Waals surface area contributed by atoms with Crippen molar-refractivity contribution in [1.82, 2.24) is 5.32 Å². The molecule has 3 heteroatoms. The van der Waals surface area contributed by atoms with Gasteiger partial charge in [-0.1, -0.05) is 29.3 Å². The molecule has 0 bridgehead atoms. The van der Waals surface area contributed by atoms with Gasteiger partial charge < -0.3 is 5.32 Å². The Morgan fingerprint density at radius 3 is 2.11 bits per heavy atom. The summed E-state index contributed by atoms with van der Waals surface area (Å²) in [6, 6.07) is 9.18. The van der Waals surface area contributed by atoms with Crippen molar-refractivity contribution >= 4 is 27.3 Å². The van der Waals surface area contributed by atoms with E-state index in [1.165, 1.54) is 30.9 Å². The molecule has 1 heterocycles. The highest BCUT2D eigenvalue weighted by molar-refractivity contribution is 9.10. The molecule has 0 saturated heterocycles. The maximum atomic E-state index is 3.66. The van der Waals surface area contributed by atoms with Crippen LogP contribution in [0.2, 0.25) is 0 Å². The maximum Gasteiger partial charge on any atom is 0.0680 e. The van der Waals surface area contributed by atoms with Crippen LogP contribution in [0, 0.1) is 20.8 Å². The van der Waals surface area contributed by atoms with E-state index in [9.17, 15) is 0 Å². The lowest BCUT2D eigenvalue weighted by Gasteiger charge is -2.17. The first-order valence-corrected chi connectivity index (χ1v) is 7.63. The first kappa shape index (κ1) is 13.8. The summed E-state index contributed by atoms with van der Waals surface area (Å²) < 4.78 is 1.20. The van der Waals surface area contributed by atoms with Crippen molar-refractivity contribution in [2.24, 2.45) is 0 Å². The Bertz CT molecular complexity index is 539. The number of hydrogen-bond donors (Lipinski definition) is 1. The molecule has 2 rings (SSSR count). The first-order valence-electron chi connectivity index (χ1n) is 6.02. The molecule has 0 fully saturated rings. The molecular weight excluding hydrogens is 306 g/mol. The minimum absolute atomic E-state index is 0.261. The molecule has 96 valence electrons. The Morgan fingerprint density at radius 2 is 1.67 bits per heavy atom. The Labute approximate surface area is 121 Å². The van der Waals surface area contributed by atoms with E-state index in [2.05, 4.69) is 66.3 Å². The summed E-state index contributed by atoms with van der Waals surface area (Å²) in [7, 11) is 2.02. The second-order valence-electron chi connectivity index (χ2n) is 4.71. The smallest absolute Gasteiger partial charge is 0.0680 e. The minimum Gasteiger partial charge on any atom is -0.309 e. The summed E-state index contributed by atoms with van der Waals surface area (Å²) in [5, 5.41) is 3.42. The van der Waals surface area contributed by atoms with Gasteiger partial charge >= 0.3 is 0 Å². The van der Waals surface area contributed by atoms with Gasteiger partial charge in [0, 0.05) is 14.2 Å². The Kier molecular flexibility index (Phi) is 4.25. The Morgan fingerprint density at radius 1 is 1.06 bits per heavy atom. The first-order chi connectivity index (χ1) is 8.51. The summed E-state index contributed by atoms with van der Waals surface area (Å²) in [6.07, 6.45) is 0. The summed E-state index contributed by atoms with van der Waals surface area (Å²) >= 11 is 5.51. The van der Waals surface area contributed by atoms with E-state index in [1.54, 1.807) is 0 Å². The van der Waals surface area contributed by atoms with Gasteiger partial charge in [-0.3, -0.25) is 0 Å². The van der Waals surface area contributed by atoms with Crippen LogP contribution in [0.1, 0.15) is 32.5 Å². The van der Waals surface area contributed by atoms with Gasteiger partial charge in [-0.15, -0.1) is 11.3 Å². The molecule has 0 radical (unpaired) electrons. The molecule has 0 saturated carbocycles. The van der Waals surface area contributed by atoms with Crippen LogP contribution in [-0.4, -0.2) is 7.05 Å². The van der Waals surface area contributed by atoms with Crippen LogP contribution in [0.4, 0.5) is 0 Å². The Hall–Kier alpha value is -0.640. The van der Waals surface area contributed by atoms with E-state index in [0.717, 1.165) is 0 Å². The summed E-state index contributed by atoms with van der Waals surface area (Å²) in [6.45, 7) is 6.45. The summed E-state index contributed by atoms with van der Waals surface area (Å²) in [4.78, 5) is 2.68. The molecule has 0 aliphatic carbocycles. The number of benzene rings is 1. The van der Waals surface area contributed by atoms with Gasteiger partial charge in [-0.05, 0) is 55.4 Å². The Balaban J connectivity index is 2.48. The molecule has 1 N–H and O–H groups in total. The second kappa shape index (κ2) is 5.55. The minimum atomic E-state index is 0.261. The molecule has 1 atom stereocenters. The van der Waals surface area contributed by atoms with E-state index in [4.69, 9.17) is 0 Å². The van der Waals surface area contributed by atoms with E-state index < -0.39 is 0 Å². The van der Waals surface area contributed by atoms with Crippen molar-refractivity contribution in [3.05, 3.63) is 55.2 Å². The highest BCUT2D eigenvalue weighted by Gasteiger charge is 2.17. The van der Waals surface area contributed by atoms with Crippen LogP contribution in [0.5, 0.6) is 0 Å². The average Bonchev–Trinajstić information content (AvgIpc) is 2.58. The van der Waals surface area contributed by atoms with Gasteiger partial charge in [0.1, 0.15) is 0 Å². The predicted molar refractivity (Wildman–Crippen MR) is 83.6 cm³/mol. The standard InChI is InChI=1S/C15H18BrNS/c1-9-5-10(2)7-12(6-9)14(17-4)15-13(16)8-11(3)18-15/h5-8,14,17H,1-4H3. The molecule has 1 unspecified atom stereocenters. The highest BCUT2D eigenvalue weighted by atomic mass is 79.9. The molecule has 1 aromatic carbocycles. The fraction of sp³-hybridized carbons (Fsp3) is 0.333. The normalized spacial score (nSPS) is 12.7. The van der Waals surface area contributed by atoms with Gasteiger partial charge in [-0.25, -0.2) is 0 Å². The van der Waals surface area contributed by atoms with Crippen LogP contribution in [0.15, 0.2) is 28.7 Å². The number of halogens is 1. The van der Waals surface area contributed by atoms with Crippen LogP contribution >= 0.6 is 27.3 Å². The topological polar surface area (TPSA) is 12.0 Å². The van der Waals surface area contributed by atoms with Gasteiger partial charge in [0.2, 0.25) is 0 Å². The molecule has 0 amide bonds. The van der Waals surface area contributed by atoms with Crippen molar-refractivity contribution in [3.8, 4) is 0 Å². The zero-order valence-corrected chi connectivity index (χ0v) is 13.6. The lowest BCUT2D eigenvalue weighted by Crippen LogP contribution is -2.17. The van der Waals surface area contributed by atoms with Crippen LogP contribution in [0.25, 0.3) is 0 Å². The van der Waals surface area contributed by atoms with Crippen molar-refractivity contribution in [2.45, 2.75) is 26.8 Å². The van der Waals surface area contributed by atoms with Crippen molar-refractivity contribution in [1.29, 1.82) is 0 Å². The maximum absolute atomic E-state index is 3.66. The molecule has 0 aliphatic rings. The van der Waals surface area contributed by atoms with Gasteiger partial charge in [0.25, 0.3) is 0 Å². The molecule has 18 heavy (non-hydrogen) atoms. The third kappa shape index (κ3) is 2.85. The zero-order chi connectivity index (χ0) is 13.3. The lowest BCUT2D eigenvalue weighted by molar-refractivity contribution is 0.700. The molecule has 2 aromatic rings. The number of aryl methyl sites for hydroxylation is 3. The van der Waals surface area contributed by atoms with Gasteiger partial charge in [-0.2, -0.15) is 0 Å². The van der Waals surface area contributed by atoms with Crippen LogP contribution < -0.4 is 5.32 Å². The SMILES string of the molecule is CNC(c1cc(C)cc(C)c1)c1sc(C)cc1Br. The average molecular weight is 324 g/mol. The molecule has 0 aliphatic heterocycles. The fourth-order valence-corrected chi connectivity index (χ4v) is 4.34. The van der Waals surface area contributed by atoms with Crippen LogP contribution in [0.3, 0.4) is 0 Å². The summed E-state index contributed by atoms with van der Waals surface area (Å²) in [5.74, 6) is 0. The third-order valence-electron chi connectivity index (χ3n) is 2.96. The largest absolute Gasteiger partial charge is 0.309 e. The zero-order valence-electron chi connectivity index (χ0n) is 11.2. The quantitative estimate of drug-likeness (QED) is 0.859. The number of nitrogens with one attached hydrogen (secondary N) is 1. The van der Waals surface area contributed by atoms with Crippen molar-refractivity contribution < 1.29 is 0 Å². The summed E-state index contributed by atoms with van der Waals surface area (Å²) in [5.41, 5.74) is 3.96. The predicted octanol–water partition coefficient (Wildman–Crippen LogP) is 4.74. The van der Waals surface area contributed by atoms with Crippen molar-refractivity contribution in [2.75, 3.05) is 7.05 Å². The lowest BCUT2D eigenvalue weighted by atomic mass is 10.0.